The fraction of sp³-hybridized carbons (Fsp3) is 0.464. The predicted octanol–water partition coefficient (Wildman–Crippen LogP) is 6.61. The molecule has 0 aromatic heterocycles. The minimum absolute atomic E-state index is 0.00404. The maximum atomic E-state index is 14.7. The zero-order valence-electron chi connectivity index (χ0n) is 20.4. The van der Waals surface area contributed by atoms with Crippen molar-refractivity contribution in [2.75, 3.05) is 19.8 Å². The van der Waals surface area contributed by atoms with Crippen LogP contribution in [0.4, 0.5) is 4.39 Å². The first kappa shape index (κ1) is 27.4. The van der Waals surface area contributed by atoms with Gasteiger partial charge in [0.2, 0.25) is 0 Å². The van der Waals surface area contributed by atoms with Crippen LogP contribution in [0, 0.1) is 5.82 Å². The Hall–Kier alpha value is -2.86. The van der Waals surface area contributed by atoms with E-state index in [4.69, 9.17) is 19.3 Å². The third kappa shape index (κ3) is 9.18. The molecule has 34 heavy (non-hydrogen) atoms. The lowest BCUT2D eigenvalue weighted by atomic mass is 10.0. The molecule has 0 heterocycles. The monoisotopic (exact) mass is 472 g/mol. The van der Waals surface area contributed by atoms with E-state index in [0.717, 1.165) is 18.4 Å². The lowest BCUT2D eigenvalue weighted by Gasteiger charge is -2.14. The van der Waals surface area contributed by atoms with E-state index in [1.165, 1.54) is 31.7 Å². The predicted molar refractivity (Wildman–Crippen MR) is 133 cm³/mol. The molecule has 0 bridgehead atoms. The maximum absolute atomic E-state index is 14.7. The molecule has 2 rings (SSSR count). The van der Waals surface area contributed by atoms with E-state index < -0.39 is 11.8 Å². The van der Waals surface area contributed by atoms with Crippen LogP contribution in [-0.4, -0.2) is 30.9 Å². The summed E-state index contributed by atoms with van der Waals surface area (Å²) in [6, 6.07) is 10.3. The number of rotatable bonds is 16. The highest BCUT2D eigenvalue weighted by Gasteiger charge is 2.12. The van der Waals surface area contributed by atoms with Gasteiger partial charge in [0.1, 0.15) is 12.4 Å². The first-order valence-corrected chi connectivity index (χ1v) is 12.1. The van der Waals surface area contributed by atoms with Crippen LogP contribution in [0.3, 0.4) is 0 Å². The first-order valence-electron chi connectivity index (χ1n) is 12.1. The van der Waals surface area contributed by atoms with Crippen molar-refractivity contribution in [3.63, 3.8) is 0 Å². The molecular formula is C28H37FO5. The van der Waals surface area contributed by atoms with Crippen molar-refractivity contribution in [3.05, 3.63) is 59.9 Å². The number of carbonyl (C=O) groups is 1. The van der Waals surface area contributed by atoms with Crippen molar-refractivity contribution < 1.29 is 28.5 Å². The van der Waals surface area contributed by atoms with E-state index >= 15 is 0 Å². The van der Waals surface area contributed by atoms with Gasteiger partial charge in [0.15, 0.2) is 11.6 Å². The van der Waals surface area contributed by atoms with Crippen LogP contribution in [0.15, 0.2) is 48.6 Å². The van der Waals surface area contributed by atoms with E-state index in [1.54, 1.807) is 19.1 Å². The maximum Gasteiger partial charge on any atom is 0.333 e. The van der Waals surface area contributed by atoms with Gasteiger partial charge in [-0.2, -0.15) is 0 Å². The van der Waals surface area contributed by atoms with Gasteiger partial charge in [-0.25, -0.2) is 9.18 Å². The van der Waals surface area contributed by atoms with Gasteiger partial charge in [0, 0.05) is 24.2 Å². The number of halogens is 1. The van der Waals surface area contributed by atoms with Crippen LogP contribution in [0.2, 0.25) is 0 Å². The molecule has 2 aromatic carbocycles. The zero-order chi connectivity index (χ0) is 24.8. The Balaban J connectivity index is 2.07. The summed E-state index contributed by atoms with van der Waals surface area (Å²) in [7, 11) is 0. The van der Waals surface area contributed by atoms with E-state index in [1.807, 2.05) is 18.2 Å². The Morgan fingerprint density at radius 1 is 0.912 bits per heavy atom. The van der Waals surface area contributed by atoms with Gasteiger partial charge >= 0.3 is 5.97 Å². The summed E-state index contributed by atoms with van der Waals surface area (Å²) < 4.78 is 31.3. The second kappa shape index (κ2) is 15.1. The number of hydrogen-bond acceptors (Lipinski definition) is 5. The molecule has 0 spiro atoms. The SMILES string of the molecule is C=C(C)C(=O)OCc1cc(-c2ccc(OCCCCCCCC)c(F)c2)ccc1OCCCO. The van der Waals surface area contributed by atoms with Crippen LogP contribution in [0.5, 0.6) is 11.5 Å². The summed E-state index contributed by atoms with van der Waals surface area (Å²) in [6.07, 6.45) is 7.37. The van der Waals surface area contributed by atoms with E-state index in [-0.39, 0.29) is 19.0 Å². The van der Waals surface area contributed by atoms with Gasteiger partial charge in [-0.1, -0.05) is 57.7 Å². The number of ether oxygens (including phenoxy) is 3. The van der Waals surface area contributed by atoms with Crippen molar-refractivity contribution in [2.45, 2.75) is 65.4 Å². The molecule has 0 saturated heterocycles. The Labute approximate surface area is 202 Å². The van der Waals surface area contributed by atoms with Crippen molar-refractivity contribution >= 4 is 5.97 Å². The summed E-state index contributed by atoms with van der Waals surface area (Å²) in [5.41, 5.74) is 2.39. The Kier molecular flexibility index (Phi) is 12.2. The molecule has 0 saturated carbocycles. The quantitative estimate of drug-likeness (QED) is 0.169. The number of benzene rings is 2. The molecular weight excluding hydrogens is 435 g/mol. The number of aliphatic hydroxyl groups excluding tert-OH is 1. The molecule has 0 aliphatic rings. The van der Waals surface area contributed by atoms with Gasteiger partial charge in [-0.15, -0.1) is 0 Å². The smallest absolute Gasteiger partial charge is 0.333 e. The highest BCUT2D eigenvalue weighted by molar-refractivity contribution is 5.87. The van der Waals surface area contributed by atoms with Crippen LogP contribution >= 0.6 is 0 Å². The second-order valence-corrected chi connectivity index (χ2v) is 8.37. The lowest BCUT2D eigenvalue weighted by Crippen LogP contribution is -2.07. The minimum Gasteiger partial charge on any atom is -0.493 e. The molecule has 0 unspecified atom stereocenters. The third-order valence-electron chi connectivity index (χ3n) is 5.35. The summed E-state index contributed by atoms with van der Waals surface area (Å²) in [4.78, 5) is 11.8. The largest absolute Gasteiger partial charge is 0.493 e. The molecule has 0 radical (unpaired) electrons. The van der Waals surface area contributed by atoms with Crippen molar-refractivity contribution in [3.8, 4) is 22.6 Å². The molecule has 6 heteroatoms. The zero-order valence-corrected chi connectivity index (χ0v) is 20.4. The number of carbonyl (C=O) groups excluding carboxylic acids is 1. The third-order valence-corrected chi connectivity index (χ3v) is 5.35. The molecule has 5 nitrogen and oxygen atoms in total. The summed E-state index contributed by atoms with van der Waals surface area (Å²) in [5.74, 6) is -0.116. The fourth-order valence-electron chi connectivity index (χ4n) is 3.39. The van der Waals surface area contributed by atoms with Gasteiger partial charge in [-0.05, 0) is 48.7 Å². The van der Waals surface area contributed by atoms with Crippen LogP contribution in [0.1, 0.15) is 64.4 Å². The number of aliphatic hydroxyl groups is 1. The Bertz CT molecular complexity index is 925. The Morgan fingerprint density at radius 3 is 2.21 bits per heavy atom. The average molecular weight is 473 g/mol. The molecule has 0 atom stereocenters. The lowest BCUT2D eigenvalue weighted by molar-refractivity contribution is -0.140. The van der Waals surface area contributed by atoms with Gasteiger partial charge in [0.05, 0.1) is 13.2 Å². The van der Waals surface area contributed by atoms with E-state index in [9.17, 15) is 9.18 Å². The first-order chi connectivity index (χ1) is 16.5. The summed E-state index contributed by atoms with van der Waals surface area (Å²) >= 11 is 0. The molecule has 2 aromatic rings. The molecule has 0 aliphatic heterocycles. The second-order valence-electron chi connectivity index (χ2n) is 8.37. The van der Waals surface area contributed by atoms with E-state index in [0.29, 0.717) is 42.1 Å². The summed E-state index contributed by atoms with van der Waals surface area (Å²) in [5, 5.41) is 9.00. The van der Waals surface area contributed by atoms with Gasteiger partial charge in [0.25, 0.3) is 0 Å². The molecule has 186 valence electrons. The van der Waals surface area contributed by atoms with Crippen molar-refractivity contribution in [1.29, 1.82) is 0 Å². The highest BCUT2D eigenvalue weighted by Crippen LogP contribution is 2.30. The number of unbranched alkanes of at least 4 members (excludes halogenated alkanes) is 5. The Morgan fingerprint density at radius 2 is 1.53 bits per heavy atom. The molecule has 1 N–H and O–H groups in total. The van der Waals surface area contributed by atoms with E-state index in [2.05, 4.69) is 13.5 Å². The highest BCUT2D eigenvalue weighted by atomic mass is 19.1. The fourth-order valence-corrected chi connectivity index (χ4v) is 3.39. The number of hydrogen-bond donors (Lipinski definition) is 1. The number of esters is 1. The molecule has 0 amide bonds. The van der Waals surface area contributed by atoms with Crippen molar-refractivity contribution in [2.24, 2.45) is 0 Å². The molecule has 0 fully saturated rings. The standard InChI is InChI=1S/C28H37FO5/c1-4-5-6-7-8-9-16-33-27-14-12-23(19-25(27)29)22-11-13-26(32-17-10-15-30)24(18-22)20-34-28(31)21(2)3/h11-14,18-19,30H,2,4-10,15-17,20H2,1,3H3. The van der Waals surface area contributed by atoms with Gasteiger partial charge in [-0.3, -0.25) is 0 Å². The molecule has 0 aliphatic carbocycles. The normalized spacial score (nSPS) is 10.7. The van der Waals surface area contributed by atoms with Crippen LogP contribution in [0.25, 0.3) is 11.1 Å². The minimum atomic E-state index is -0.496. The van der Waals surface area contributed by atoms with Crippen LogP contribution < -0.4 is 9.47 Å². The van der Waals surface area contributed by atoms with Crippen molar-refractivity contribution in [1.82, 2.24) is 0 Å². The van der Waals surface area contributed by atoms with Crippen LogP contribution in [-0.2, 0) is 16.1 Å². The van der Waals surface area contributed by atoms with Gasteiger partial charge < -0.3 is 19.3 Å². The summed E-state index contributed by atoms with van der Waals surface area (Å²) in [6.45, 7) is 8.20. The average Bonchev–Trinajstić information content (AvgIpc) is 2.83. The topological polar surface area (TPSA) is 65.0 Å².